The fourth-order valence-electron chi connectivity index (χ4n) is 1.69. The van der Waals surface area contributed by atoms with Gasteiger partial charge in [-0.1, -0.05) is 32.6 Å². The van der Waals surface area contributed by atoms with Crippen molar-refractivity contribution >= 4 is 5.97 Å². The van der Waals surface area contributed by atoms with Crippen LogP contribution < -0.4 is 0 Å². The van der Waals surface area contributed by atoms with E-state index < -0.39 is 0 Å². The minimum absolute atomic E-state index is 0.0238. The molecular weight excluding hydrogens is 216 g/mol. The van der Waals surface area contributed by atoms with Gasteiger partial charge in [0.05, 0.1) is 11.7 Å². The SMILES string of the molecule is CCCCCCC(COC(C)=O)OC(C)(C)C. The summed E-state index contributed by atoms with van der Waals surface area (Å²) in [7, 11) is 0. The molecule has 0 spiro atoms. The number of carbonyl (C=O) groups excluding carboxylic acids is 1. The van der Waals surface area contributed by atoms with Crippen LogP contribution in [0, 0.1) is 0 Å². The van der Waals surface area contributed by atoms with Gasteiger partial charge in [-0.25, -0.2) is 0 Å². The Labute approximate surface area is 106 Å². The largest absolute Gasteiger partial charge is 0.463 e. The lowest BCUT2D eigenvalue weighted by molar-refractivity contribution is -0.150. The molecule has 0 radical (unpaired) electrons. The molecule has 0 rings (SSSR count). The van der Waals surface area contributed by atoms with E-state index in [0.29, 0.717) is 6.61 Å². The van der Waals surface area contributed by atoms with E-state index in [4.69, 9.17) is 9.47 Å². The van der Waals surface area contributed by atoms with Crippen molar-refractivity contribution in [3.63, 3.8) is 0 Å². The molecule has 0 aromatic rings. The molecule has 0 aromatic heterocycles. The van der Waals surface area contributed by atoms with Gasteiger partial charge >= 0.3 is 5.97 Å². The molecule has 0 amide bonds. The van der Waals surface area contributed by atoms with Crippen LogP contribution in [0.2, 0.25) is 0 Å². The van der Waals surface area contributed by atoms with Gasteiger partial charge in [-0.05, 0) is 27.2 Å². The van der Waals surface area contributed by atoms with Gasteiger partial charge in [-0.2, -0.15) is 0 Å². The summed E-state index contributed by atoms with van der Waals surface area (Å²) in [4.78, 5) is 10.8. The predicted octanol–water partition coefficient (Wildman–Crippen LogP) is 3.70. The van der Waals surface area contributed by atoms with Gasteiger partial charge in [0.1, 0.15) is 6.61 Å². The van der Waals surface area contributed by atoms with Crippen LogP contribution in [0.3, 0.4) is 0 Å². The third-order valence-corrected chi connectivity index (χ3v) is 2.37. The van der Waals surface area contributed by atoms with Crippen molar-refractivity contribution in [3.05, 3.63) is 0 Å². The zero-order valence-electron chi connectivity index (χ0n) is 12.0. The molecular formula is C14H28O3. The molecule has 102 valence electrons. The molecule has 0 saturated carbocycles. The van der Waals surface area contributed by atoms with E-state index in [1.165, 1.54) is 26.2 Å². The van der Waals surface area contributed by atoms with Crippen LogP contribution in [-0.2, 0) is 14.3 Å². The first kappa shape index (κ1) is 16.4. The molecule has 0 aromatic carbocycles. The Morgan fingerprint density at radius 2 is 1.82 bits per heavy atom. The average molecular weight is 244 g/mol. The monoisotopic (exact) mass is 244 g/mol. The summed E-state index contributed by atoms with van der Waals surface area (Å²) in [6, 6.07) is 0. The number of rotatable bonds is 8. The molecule has 0 bridgehead atoms. The molecule has 0 saturated heterocycles. The highest BCUT2D eigenvalue weighted by atomic mass is 16.6. The van der Waals surface area contributed by atoms with Gasteiger partial charge in [-0.15, -0.1) is 0 Å². The lowest BCUT2D eigenvalue weighted by atomic mass is 10.1. The zero-order valence-corrected chi connectivity index (χ0v) is 12.0. The van der Waals surface area contributed by atoms with E-state index in [1.807, 2.05) is 20.8 Å². The van der Waals surface area contributed by atoms with E-state index in [9.17, 15) is 4.79 Å². The van der Waals surface area contributed by atoms with Crippen molar-refractivity contribution in [2.24, 2.45) is 0 Å². The van der Waals surface area contributed by atoms with Gasteiger partial charge in [0, 0.05) is 6.92 Å². The second-order valence-electron chi connectivity index (χ2n) is 5.50. The van der Waals surface area contributed by atoms with Gasteiger partial charge in [0.25, 0.3) is 0 Å². The number of carbonyl (C=O) groups is 1. The zero-order chi connectivity index (χ0) is 13.3. The fraction of sp³-hybridized carbons (Fsp3) is 0.929. The predicted molar refractivity (Wildman–Crippen MR) is 70.0 cm³/mol. The molecule has 0 N–H and O–H groups in total. The third-order valence-electron chi connectivity index (χ3n) is 2.37. The number of hydrogen-bond acceptors (Lipinski definition) is 3. The van der Waals surface area contributed by atoms with Crippen LogP contribution in [0.25, 0.3) is 0 Å². The number of ether oxygens (including phenoxy) is 2. The number of esters is 1. The van der Waals surface area contributed by atoms with Gasteiger partial charge in [0.15, 0.2) is 0 Å². The molecule has 0 heterocycles. The van der Waals surface area contributed by atoms with E-state index >= 15 is 0 Å². The Kier molecular flexibility index (Phi) is 8.23. The molecule has 1 atom stereocenters. The van der Waals surface area contributed by atoms with E-state index in [0.717, 1.165) is 12.8 Å². The first-order valence-electron chi connectivity index (χ1n) is 6.66. The summed E-state index contributed by atoms with van der Waals surface area (Å²) in [6.07, 6.45) is 5.83. The van der Waals surface area contributed by atoms with Gasteiger partial charge in [-0.3, -0.25) is 4.79 Å². The van der Waals surface area contributed by atoms with Crippen molar-refractivity contribution in [2.45, 2.75) is 78.4 Å². The van der Waals surface area contributed by atoms with Gasteiger partial charge < -0.3 is 9.47 Å². The van der Waals surface area contributed by atoms with Crippen LogP contribution in [0.1, 0.15) is 66.7 Å². The van der Waals surface area contributed by atoms with Crippen LogP contribution in [-0.4, -0.2) is 24.3 Å². The van der Waals surface area contributed by atoms with Crippen LogP contribution in [0.5, 0.6) is 0 Å². The molecule has 3 heteroatoms. The van der Waals surface area contributed by atoms with E-state index in [1.54, 1.807) is 0 Å². The molecule has 17 heavy (non-hydrogen) atoms. The van der Waals surface area contributed by atoms with E-state index in [2.05, 4.69) is 6.92 Å². The normalized spacial score (nSPS) is 13.5. The first-order valence-corrected chi connectivity index (χ1v) is 6.66. The summed E-state index contributed by atoms with van der Waals surface area (Å²) >= 11 is 0. The van der Waals surface area contributed by atoms with Crippen LogP contribution in [0.4, 0.5) is 0 Å². The second-order valence-corrected chi connectivity index (χ2v) is 5.50. The Morgan fingerprint density at radius 1 is 1.18 bits per heavy atom. The molecule has 0 aliphatic carbocycles. The summed E-state index contributed by atoms with van der Waals surface area (Å²) in [6.45, 7) is 10.1. The topological polar surface area (TPSA) is 35.5 Å². The maximum Gasteiger partial charge on any atom is 0.302 e. The van der Waals surface area contributed by atoms with Crippen molar-refractivity contribution < 1.29 is 14.3 Å². The summed E-state index contributed by atoms with van der Waals surface area (Å²) < 4.78 is 10.9. The maximum absolute atomic E-state index is 10.8. The number of unbranched alkanes of at least 4 members (excludes halogenated alkanes) is 3. The van der Waals surface area contributed by atoms with Crippen LogP contribution >= 0.6 is 0 Å². The minimum Gasteiger partial charge on any atom is -0.463 e. The summed E-state index contributed by atoms with van der Waals surface area (Å²) in [5.74, 6) is -0.235. The van der Waals surface area contributed by atoms with Gasteiger partial charge in [0.2, 0.25) is 0 Å². The third kappa shape index (κ3) is 11.7. The number of hydrogen-bond donors (Lipinski definition) is 0. The Bertz CT molecular complexity index is 206. The Morgan fingerprint density at radius 3 is 2.29 bits per heavy atom. The fourth-order valence-corrected chi connectivity index (χ4v) is 1.69. The second kappa shape index (κ2) is 8.51. The molecule has 0 fully saturated rings. The Hall–Kier alpha value is -0.570. The molecule has 3 nitrogen and oxygen atoms in total. The quantitative estimate of drug-likeness (QED) is 0.482. The van der Waals surface area contributed by atoms with Crippen molar-refractivity contribution in [1.29, 1.82) is 0 Å². The molecule has 1 unspecified atom stereocenters. The summed E-state index contributed by atoms with van der Waals surface area (Å²) in [5.41, 5.74) is -0.185. The molecule has 0 aliphatic rings. The molecule has 0 aliphatic heterocycles. The lowest BCUT2D eigenvalue weighted by Gasteiger charge is -2.27. The highest BCUT2D eigenvalue weighted by molar-refractivity contribution is 5.65. The maximum atomic E-state index is 10.8. The average Bonchev–Trinajstić information content (AvgIpc) is 2.18. The minimum atomic E-state index is -0.235. The first-order chi connectivity index (χ1) is 7.85. The standard InChI is InChI=1S/C14H28O3/c1-6-7-8-9-10-13(11-16-12(2)15)17-14(3,4)5/h13H,6-11H2,1-5H3. The Balaban J connectivity index is 3.97. The van der Waals surface area contributed by atoms with Crippen molar-refractivity contribution in [1.82, 2.24) is 0 Å². The lowest BCUT2D eigenvalue weighted by Crippen LogP contribution is -2.31. The van der Waals surface area contributed by atoms with Crippen LogP contribution in [0.15, 0.2) is 0 Å². The highest BCUT2D eigenvalue weighted by Crippen LogP contribution is 2.16. The highest BCUT2D eigenvalue weighted by Gasteiger charge is 2.19. The van der Waals surface area contributed by atoms with E-state index in [-0.39, 0.29) is 17.7 Å². The smallest absolute Gasteiger partial charge is 0.302 e. The van der Waals surface area contributed by atoms with Crippen molar-refractivity contribution in [2.75, 3.05) is 6.61 Å². The van der Waals surface area contributed by atoms with Crippen molar-refractivity contribution in [3.8, 4) is 0 Å². The summed E-state index contributed by atoms with van der Waals surface area (Å²) in [5, 5.41) is 0.